The van der Waals surface area contributed by atoms with Gasteiger partial charge in [-0.1, -0.05) is 0 Å². The number of rotatable bonds is 2. The number of hydrogen-bond acceptors (Lipinski definition) is 3. The highest BCUT2D eigenvalue weighted by atomic mass is 79.9. The molecule has 19 heavy (non-hydrogen) atoms. The number of anilines is 1. The Morgan fingerprint density at radius 1 is 1.32 bits per heavy atom. The van der Waals surface area contributed by atoms with Crippen LogP contribution in [0.15, 0.2) is 45.5 Å². The molecule has 96 valence electrons. The average Bonchev–Trinajstić information content (AvgIpc) is 2.80. The standard InChI is InChI=1S/C14H13BrN3O/c1-2-18-7-9(5-10(15)8-18)14-17-12-4-3-11(16)6-13(12)19-14/h3-8H,2,16H2,1H3/q+1. The van der Waals surface area contributed by atoms with Gasteiger partial charge in [0.05, 0.1) is 4.47 Å². The number of aryl methyl sites for hydroxylation is 1. The van der Waals surface area contributed by atoms with Crippen LogP contribution < -0.4 is 10.3 Å². The average molecular weight is 319 g/mol. The van der Waals surface area contributed by atoms with Gasteiger partial charge in [0.25, 0.3) is 0 Å². The van der Waals surface area contributed by atoms with E-state index in [4.69, 9.17) is 10.2 Å². The Hall–Kier alpha value is -1.88. The molecule has 0 amide bonds. The van der Waals surface area contributed by atoms with Crippen LogP contribution in [0.4, 0.5) is 5.69 Å². The molecule has 2 N–H and O–H groups in total. The van der Waals surface area contributed by atoms with Crippen LogP contribution in [0, 0.1) is 0 Å². The highest BCUT2D eigenvalue weighted by molar-refractivity contribution is 9.10. The highest BCUT2D eigenvalue weighted by Crippen LogP contribution is 2.26. The maximum Gasteiger partial charge on any atom is 0.233 e. The van der Waals surface area contributed by atoms with Gasteiger partial charge in [-0.25, -0.2) is 9.55 Å². The molecule has 2 heterocycles. The van der Waals surface area contributed by atoms with Gasteiger partial charge in [-0.05, 0) is 41.1 Å². The van der Waals surface area contributed by atoms with Crippen molar-refractivity contribution in [1.29, 1.82) is 0 Å². The van der Waals surface area contributed by atoms with Crippen molar-refractivity contribution >= 4 is 32.7 Å². The molecule has 0 bridgehead atoms. The van der Waals surface area contributed by atoms with E-state index in [9.17, 15) is 0 Å². The summed E-state index contributed by atoms with van der Waals surface area (Å²) < 4.78 is 8.83. The first-order chi connectivity index (χ1) is 9.15. The first-order valence-electron chi connectivity index (χ1n) is 6.02. The summed E-state index contributed by atoms with van der Waals surface area (Å²) in [5.74, 6) is 0.601. The number of hydrogen-bond donors (Lipinski definition) is 1. The second-order valence-electron chi connectivity index (χ2n) is 4.32. The molecule has 1 aromatic carbocycles. The van der Waals surface area contributed by atoms with Crippen molar-refractivity contribution in [3.63, 3.8) is 0 Å². The first kappa shape index (κ1) is 12.2. The molecular formula is C14H13BrN3O+. The smallest absolute Gasteiger partial charge is 0.233 e. The number of nitrogen functional groups attached to an aromatic ring is 1. The number of oxazole rings is 1. The maximum atomic E-state index is 5.76. The second-order valence-corrected chi connectivity index (χ2v) is 5.24. The van der Waals surface area contributed by atoms with Crippen molar-refractivity contribution in [3.05, 3.63) is 41.1 Å². The quantitative estimate of drug-likeness (QED) is 0.583. The normalized spacial score (nSPS) is 11.1. The fourth-order valence-corrected chi connectivity index (χ4v) is 2.47. The maximum absolute atomic E-state index is 5.76. The Morgan fingerprint density at radius 3 is 2.95 bits per heavy atom. The van der Waals surface area contributed by atoms with Gasteiger partial charge in [0.15, 0.2) is 18.0 Å². The van der Waals surface area contributed by atoms with Crippen molar-refractivity contribution in [3.8, 4) is 11.5 Å². The van der Waals surface area contributed by atoms with E-state index in [1.165, 1.54) is 0 Å². The molecule has 0 saturated heterocycles. The van der Waals surface area contributed by atoms with Crippen LogP contribution in [0.25, 0.3) is 22.6 Å². The third kappa shape index (κ3) is 2.33. The molecule has 0 unspecified atom stereocenters. The Labute approximate surface area is 119 Å². The molecular weight excluding hydrogens is 306 g/mol. The predicted molar refractivity (Wildman–Crippen MR) is 77.4 cm³/mol. The van der Waals surface area contributed by atoms with E-state index in [0.717, 1.165) is 22.1 Å². The molecule has 5 heteroatoms. The Kier molecular flexibility index (Phi) is 2.98. The monoisotopic (exact) mass is 318 g/mol. The molecule has 2 aromatic heterocycles. The zero-order valence-electron chi connectivity index (χ0n) is 10.4. The fourth-order valence-electron chi connectivity index (χ4n) is 1.96. The molecule has 0 aliphatic rings. The number of halogens is 1. The number of nitrogens with zero attached hydrogens (tertiary/aromatic N) is 2. The van der Waals surface area contributed by atoms with Gasteiger partial charge in [0, 0.05) is 11.8 Å². The van der Waals surface area contributed by atoms with Gasteiger partial charge < -0.3 is 10.2 Å². The summed E-state index contributed by atoms with van der Waals surface area (Å²) in [6.45, 7) is 2.97. The van der Waals surface area contributed by atoms with E-state index in [1.807, 2.05) is 30.6 Å². The van der Waals surface area contributed by atoms with E-state index >= 15 is 0 Å². The van der Waals surface area contributed by atoms with Crippen molar-refractivity contribution in [2.24, 2.45) is 0 Å². The molecule has 0 spiro atoms. The summed E-state index contributed by atoms with van der Waals surface area (Å²) in [4.78, 5) is 4.48. The van der Waals surface area contributed by atoms with Gasteiger partial charge in [0.2, 0.25) is 5.89 Å². The van der Waals surface area contributed by atoms with Crippen LogP contribution in [0.3, 0.4) is 0 Å². The molecule has 4 nitrogen and oxygen atoms in total. The molecule has 0 atom stereocenters. The Balaban J connectivity index is 2.15. The molecule has 3 rings (SSSR count). The van der Waals surface area contributed by atoms with Crippen molar-refractivity contribution < 1.29 is 8.98 Å². The van der Waals surface area contributed by atoms with Crippen LogP contribution in [0.5, 0.6) is 0 Å². The summed E-state index contributed by atoms with van der Waals surface area (Å²) in [5, 5.41) is 0. The van der Waals surface area contributed by atoms with Crippen LogP contribution in [-0.2, 0) is 6.54 Å². The molecule has 0 radical (unpaired) electrons. The lowest BCUT2D eigenvalue weighted by Gasteiger charge is -1.96. The second kappa shape index (κ2) is 4.66. The zero-order valence-corrected chi connectivity index (χ0v) is 12.0. The van der Waals surface area contributed by atoms with Gasteiger partial charge in [-0.3, -0.25) is 0 Å². The third-order valence-electron chi connectivity index (χ3n) is 2.91. The SMILES string of the molecule is CC[n+]1cc(Br)cc(-c2nc3ccc(N)cc3o2)c1. The van der Waals surface area contributed by atoms with E-state index in [0.29, 0.717) is 17.2 Å². The van der Waals surface area contributed by atoms with E-state index < -0.39 is 0 Å². The number of aromatic nitrogens is 2. The summed E-state index contributed by atoms with van der Waals surface area (Å²) in [6.07, 6.45) is 4.03. The zero-order chi connectivity index (χ0) is 13.4. The van der Waals surface area contributed by atoms with E-state index in [1.54, 1.807) is 6.07 Å². The van der Waals surface area contributed by atoms with Gasteiger partial charge in [-0.15, -0.1) is 0 Å². The Bertz CT molecular complexity index is 752. The summed E-state index contributed by atoms with van der Waals surface area (Å²) >= 11 is 3.50. The van der Waals surface area contributed by atoms with Gasteiger partial charge in [-0.2, -0.15) is 0 Å². The van der Waals surface area contributed by atoms with Crippen molar-refractivity contribution in [2.75, 3.05) is 5.73 Å². The fraction of sp³-hybridized carbons (Fsp3) is 0.143. The minimum absolute atomic E-state index is 0.601. The number of pyridine rings is 1. The largest absolute Gasteiger partial charge is 0.436 e. The lowest BCUT2D eigenvalue weighted by molar-refractivity contribution is -0.693. The first-order valence-corrected chi connectivity index (χ1v) is 6.81. The van der Waals surface area contributed by atoms with Crippen LogP contribution in [0.1, 0.15) is 6.92 Å². The molecule has 0 aliphatic heterocycles. The summed E-state index contributed by atoms with van der Waals surface area (Å²) in [7, 11) is 0. The third-order valence-corrected chi connectivity index (χ3v) is 3.35. The van der Waals surface area contributed by atoms with Crippen molar-refractivity contribution in [2.45, 2.75) is 13.5 Å². The van der Waals surface area contributed by atoms with Crippen LogP contribution in [-0.4, -0.2) is 4.98 Å². The summed E-state index contributed by atoms with van der Waals surface area (Å²) in [5.41, 5.74) is 8.87. The predicted octanol–water partition coefficient (Wildman–Crippen LogP) is 3.15. The lowest BCUT2D eigenvalue weighted by Crippen LogP contribution is -2.31. The van der Waals surface area contributed by atoms with Crippen LogP contribution in [0.2, 0.25) is 0 Å². The highest BCUT2D eigenvalue weighted by Gasteiger charge is 2.13. The Morgan fingerprint density at radius 2 is 2.16 bits per heavy atom. The van der Waals surface area contributed by atoms with Crippen molar-refractivity contribution in [1.82, 2.24) is 4.98 Å². The van der Waals surface area contributed by atoms with Crippen LogP contribution >= 0.6 is 15.9 Å². The number of fused-ring (bicyclic) bond motifs is 1. The van der Waals surface area contributed by atoms with E-state index in [-0.39, 0.29) is 0 Å². The minimum Gasteiger partial charge on any atom is -0.436 e. The molecule has 3 aromatic rings. The molecule has 0 fully saturated rings. The topological polar surface area (TPSA) is 55.9 Å². The molecule has 0 saturated carbocycles. The van der Waals surface area contributed by atoms with Gasteiger partial charge >= 0.3 is 0 Å². The summed E-state index contributed by atoms with van der Waals surface area (Å²) in [6, 6.07) is 7.46. The number of nitrogens with two attached hydrogens (primary N) is 1. The lowest BCUT2D eigenvalue weighted by atomic mass is 10.3. The molecule has 0 aliphatic carbocycles. The van der Waals surface area contributed by atoms with Gasteiger partial charge in [0.1, 0.15) is 17.6 Å². The number of benzene rings is 1. The minimum atomic E-state index is 0.601. The van der Waals surface area contributed by atoms with E-state index in [2.05, 4.69) is 32.4 Å².